The number of benzene rings is 3. The summed E-state index contributed by atoms with van der Waals surface area (Å²) in [5.74, 6) is 2.02. The smallest absolute Gasteiger partial charge is 0.254 e. The van der Waals surface area contributed by atoms with E-state index in [0.29, 0.717) is 55.0 Å². The van der Waals surface area contributed by atoms with Gasteiger partial charge in [0.25, 0.3) is 5.91 Å². The van der Waals surface area contributed by atoms with Crippen LogP contribution in [0.15, 0.2) is 72.8 Å². The third-order valence-electron chi connectivity index (χ3n) is 7.00. The number of fused-ring (bicyclic) bond motifs is 1. The van der Waals surface area contributed by atoms with Crippen molar-refractivity contribution in [2.75, 3.05) is 27.3 Å². The van der Waals surface area contributed by atoms with Crippen LogP contribution in [-0.4, -0.2) is 49.5 Å². The van der Waals surface area contributed by atoms with E-state index in [-0.39, 0.29) is 11.7 Å². The Morgan fingerprint density at radius 2 is 1.58 bits per heavy atom. The van der Waals surface area contributed by atoms with Gasteiger partial charge in [-0.25, -0.2) is 0 Å². The molecule has 1 amide bonds. The van der Waals surface area contributed by atoms with Crippen LogP contribution in [0.3, 0.4) is 0 Å². The number of nitrogens with zero attached hydrogens (tertiary/aromatic N) is 1. The van der Waals surface area contributed by atoms with Crippen molar-refractivity contribution in [3.8, 4) is 17.2 Å². The van der Waals surface area contributed by atoms with E-state index in [9.17, 15) is 9.59 Å². The Morgan fingerprint density at radius 1 is 0.917 bits per heavy atom. The van der Waals surface area contributed by atoms with Crippen molar-refractivity contribution in [3.63, 3.8) is 0 Å². The summed E-state index contributed by atoms with van der Waals surface area (Å²) in [6, 6.07) is 22.7. The molecule has 1 saturated heterocycles. The molecule has 0 atom stereocenters. The minimum absolute atomic E-state index is 0.0286. The van der Waals surface area contributed by atoms with E-state index in [4.69, 9.17) is 14.2 Å². The SMILES string of the molecule is COc1ccc(/C=C(/C(=O)N2CCC3(CC2)CC(=O)c2cc(OC)ccc2O3)c2ccccc2)cc1. The lowest BCUT2D eigenvalue weighted by Crippen LogP contribution is -2.52. The van der Waals surface area contributed by atoms with Crippen LogP contribution in [0.1, 0.15) is 40.7 Å². The highest BCUT2D eigenvalue weighted by Crippen LogP contribution is 2.41. The van der Waals surface area contributed by atoms with Crippen molar-refractivity contribution in [1.29, 1.82) is 0 Å². The first-order valence-electron chi connectivity index (χ1n) is 12.1. The van der Waals surface area contributed by atoms with Crippen LogP contribution in [0.5, 0.6) is 17.2 Å². The normalized spacial score (nSPS) is 16.8. The molecule has 0 aliphatic carbocycles. The van der Waals surface area contributed by atoms with Gasteiger partial charge in [0.15, 0.2) is 5.78 Å². The highest BCUT2D eigenvalue weighted by molar-refractivity contribution is 6.24. The van der Waals surface area contributed by atoms with Crippen LogP contribution >= 0.6 is 0 Å². The lowest BCUT2D eigenvalue weighted by atomic mass is 9.82. The molecule has 0 saturated carbocycles. The number of amides is 1. The largest absolute Gasteiger partial charge is 0.497 e. The fourth-order valence-electron chi connectivity index (χ4n) is 4.92. The van der Waals surface area contributed by atoms with Crippen LogP contribution in [0.25, 0.3) is 11.6 Å². The maximum absolute atomic E-state index is 13.7. The summed E-state index contributed by atoms with van der Waals surface area (Å²) in [4.78, 5) is 28.6. The van der Waals surface area contributed by atoms with Crippen LogP contribution in [0, 0.1) is 0 Å². The monoisotopic (exact) mass is 483 g/mol. The van der Waals surface area contributed by atoms with E-state index in [0.717, 1.165) is 16.9 Å². The number of likely N-dealkylation sites (tertiary alicyclic amines) is 1. The number of ether oxygens (including phenoxy) is 3. The number of hydrogen-bond donors (Lipinski definition) is 0. The standard InChI is InChI=1S/C30H29NO5/c1-34-23-10-8-21(9-11-23)18-25(22-6-4-3-5-7-22)29(33)31-16-14-30(15-17-31)20-27(32)26-19-24(35-2)12-13-28(26)36-30/h3-13,18-19H,14-17,20H2,1-2H3/b25-18+. The Balaban J connectivity index is 1.35. The van der Waals surface area contributed by atoms with E-state index in [1.165, 1.54) is 0 Å². The predicted molar refractivity (Wildman–Crippen MR) is 138 cm³/mol. The molecular weight excluding hydrogens is 454 g/mol. The van der Waals surface area contributed by atoms with Crippen LogP contribution < -0.4 is 14.2 Å². The third-order valence-corrected chi connectivity index (χ3v) is 7.00. The summed E-state index contributed by atoms with van der Waals surface area (Å²) in [7, 11) is 3.21. The number of rotatable bonds is 5. The lowest BCUT2D eigenvalue weighted by Gasteiger charge is -2.44. The third kappa shape index (κ3) is 4.71. The maximum Gasteiger partial charge on any atom is 0.254 e. The van der Waals surface area contributed by atoms with E-state index in [1.807, 2.05) is 65.6 Å². The average Bonchev–Trinajstić information content (AvgIpc) is 2.92. The number of methoxy groups -OCH3 is 2. The highest BCUT2D eigenvalue weighted by Gasteiger charge is 2.44. The molecule has 0 N–H and O–H groups in total. The van der Waals surface area contributed by atoms with Crippen molar-refractivity contribution >= 4 is 23.3 Å². The summed E-state index contributed by atoms with van der Waals surface area (Å²) in [6.45, 7) is 1.04. The minimum atomic E-state index is -0.581. The van der Waals surface area contributed by atoms with Gasteiger partial charge < -0.3 is 19.1 Å². The highest BCUT2D eigenvalue weighted by atomic mass is 16.5. The van der Waals surface area contributed by atoms with E-state index >= 15 is 0 Å². The van der Waals surface area contributed by atoms with Crippen molar-refractivity contribution in [2.24, 2.45) is 0 Å². The van der Waals surface area contributed by atoms with Gasteiger partial charge >= 0.3 is 0 Å². The number of Topliss-reactive ketones (excluding diaryl/α,β-unsaturated/α-hetero) is 1. The van der Waals surface area contributed by atoms with Crippen LogP contribution in [0.4, 0.5) is 0 Å². The maximum atomic E-state index is 13.7. The van der Waals surface area contributed by atoms with Gasteiger partial charge in [0, 0.05) is 31.5 Å². The van der Waals surface area contributed by atoms with Gasteiger partial charge in [-0.3, -0.25) is 9.59 Å². The fraction of sp³-hybridized carbons (Fsp3) is 0.267. The molecule has 184 valence electrons. The quantitative estimate of drug-likeness (QED) is 0.365. The summed E-state index contributed by atoms with van der Waals surface area (Å²) in [5.41, 5.74) is 2.40. The first-order chi connectivity index (χ1) is 17.5. The van der Waals surface area contributed by atoms with Gasteiger partial charge in [0.2, 0.25) is 0 Å². The molecular formula is C30H29NO5. The van der Waals surface area contributed by atoms with Crippen molar-refractivity contribution in [1.82, 2.24) is 4.90 Å². The second-order valence-electron chi connectivity index (χ2n) is 9.24. The number of ketones is 1. The van der Waals surface area contributed by atoms with E-state index < -0.39 is 5.60 Å². The van der Waals surface area contributed by atoms with Gasteiger partial charge in [-0.15, -0.1) is 0 Å². The number of hydrogen-bond acceptors (Lipinski definition) is 5. The molecule has 3 aromatic rings. The molecule has 0 aromatic heterocycles. The molecule has 2 heterocycles. The molecule has 6 heteroatoms. The molecule has 1 fully saturated rings. The van der Waals surface area contributed by atoms with E-state index in [2.05, 4.69) is 0 Å². The van der Waals surface area contributed by atoms with Crippen molar-refractivity contribution in [2.45, 2.75) is 24.9 Å². The second kappa shape index (κ2) is 9.90. The number of carbonyl (C=O) groups is 2. The first-order valence-corrected chi connectivity index (χ1v) is 12.1. The molecule has 0 bridgehead atoms. The molecule has 2 aliphatic heterocycles. The van der Waals surface area contributed by atoms with Crippen LogP contribution in [0.2, 0.25) is 0 Å². The minimum Gasteiger partial charge on any atom is -0.497 e. The van der Waals surface area contributed by atoms with Gasteiger partial charge in [-0.05, 0) is 47.5 Å². The van der Waals surface area contributed by atoms with E-state index in [1.54, 1.807) is 32.4 Å². The second-order valence-corrected chi connectivity index (χ2v) is 9.24. The van der Waals surface area contributed by atoms with Gasteiger partial charge in [0.05, 0.1) is 26.2 Å². The lowest BCUT2D eigenvalue weighted by molar-refractivity contribution is -0.128. The first kappa shape index (κ1) is 23.7. The zero-order valence-electron chi connectivity index (χ0n) is 20.5. The Morgan fingerprint density at radius 3 is 2.25 bits per heavy atom. The molecule has 3 aromatic carbocycles. The summed E-state index contributed by atoms with van der Waals surface area (Å²) in [5, 5.41) is 0. The van der Waals surface area contributed by atoms with Gasteiger partial charge in [-0.2, -0.15) is 0 Å². The zero-order valence-corrected chi connectivity index (χ0v) is 20.5. The van der Waals surface area contributed by atoms with Crippen LogP contribution in [-0.2, 0) is 4.79 Å². The molecule has 0 radical (unpaired) electrons. The predicted octanol–water partition coefficient (Wildman–Crippen LogP) is 5.27. The fourth-order valence-corrected chi connectivity index (χ4v) is 4.92. The molecule has 36 heavy (non-hydrogen) atoms. The Labute approximate surface area is 211 Å². The van der Waals surface area contributed by atoms with Crippen molar-refractivity contribution in [3.05, 3.63) is 89.5 Å². The summed E-state index contributed by atoms with van der Waals surface area (Å²) < 4.78 is 16.9. The Hall–Kier alpha value is -4.06. The Kier molecular flexibility index (Phi) is 6.51. The molecule has 6 nitrogen and oxygen atoms in total. The summed E-state index contributed by atoms with van der Waals surface area (Å²) in [6.07, 6.45) is 3.43. The number of piperidine rings is 1. The summed E-state index contributed by atoms with van der Waals surface area (Å²) >= 11 is 0. The van der Waals surface area contributed by atoms with Crippen molar-refractivity contribution < 1.29 is 23.8 Å². The number of carbonyl (C=O) groups excluding carboxylic acids is 2. The molecule has 2 aliphatic rings. The molecule has 1 spiro atoms. The van der Waals surface area contributed by atoms with Gasteiger partial charge in [0.1, 0.15) is 22.8 Å². The molecule has 5 rings (SSSR count). The Bertz CT molecular complexity index is 1290. The molecule has 0 unspecified atom stereocenters. The average molecular weight is 484 g/mol. The van der Waals surface area contributed by atoms with Gasteiger partial charge in [-0.1, -0.05) is 42.5 Å². The topological polar surface area (TPSA) is 65.1 Å². The zero-order chi connectivity index (χ0) is 25.1.